The summed E-state index contributed by atoms with van der Waals surface area (Å²) in [7, 11) is 0. The summed E-state index contributed by atoms with van der Waals surface area (Å²) in [6.45, 7) is 11.2. The highest BCUT2D eigenvalue weighted by molar-refractivity contribution is 6.46. The molecule has 38 heavy (non-hydrogen) atoms. The van der Waals surface area contributed by atoms with Crippen LogP contribution in [0.5, 0.6) is 11.5 Å². The highest BCUT2D eigenvalue weighted by Crippen LogP contribution is 2.36. The fraction of sp³-hybridized carbons (Fsp3) is 0.393. The minimum absolute atomic E-state index is 0.0643. The zero-order chi connectivity index (χ0) is 27.8. The first-order valence-electron chi connectivity index (χ1n) is 12.6. The SMILES string of the molecule is CCNC(=O)C(=N/O)/C(NC(=O)c1ccc(CN2CCOCC2)cc1)=C(\C)c1cc(C(C)C)c(O)cc1O. The van der Waals surface area contributed by atoms with Crippen LogP contribution in [0.1, 0.15) is 60.7 Å². The first-order chi connectivity index (χ1) is 18.2. The molecule has 204 valence electrons. The van der Waals surface area contributed by atoms with Gasteiger partial charge < -0.3 is 30.8 Å². The van der Waals surface area contributed by atoms with Gasteiger partial charge in [0.1, 0.15) is 11.5 Å². The van der Waals surface area contributed by atoms with Gasteiger partial charge in [0.25, 0.3) is 11.8 Å². The second-order valence-electron chi connectivity index (χ2n) is 9.43. The molecule has 2 aromatic rings. The van der Waals surface area contributed by atoms with Gasteiger partial charge in [-0.3, -0.25) is 14.5 Å². The molecule has 2 amide bonds. The highest BCUT2D eigenvalue weighted by Gasteiger charge is 2.25. The van der Waals surface area contributed by atoms with Crippen LogP contribution in [0.3, 0.4) is 0 Å². The predicted octanol–water partition coefficient (Wildman–Crippen LogP) is 3.18. The summed E-state index contributed by atoms with van der Waals surface area (Å²) in [5, 5.41) is 39.0. The van der Waals surface area contributed by atoms with Crippen LogP contribution in [0.4, 0.5) is 0 Å². The number of morpholine rings is 1. The van der Waals surface area contributed by atoms with Gasteiger partial charge >= 0.3 is 0 Å². The van der Waals surface area contributed by atoms with Gasteiger partial charge in [0.05, 0.1) is 18.9 Å². The molecule has 0 saturated carbocycles. The maximum Gasteiger partial charge on any atom is 0.275 e. The number of benzene rings is 2. The summed E-state index contributed by atoms with van der Waals surface area (Å²) in [5.74, 6) is -1.61. The van der Waals surface area contributed by atoms with Gasteiger partial charge in [-0.1, -0.05) is 31.1 Å². The van der Waals surface area contributed by atoms with Gasteiger partial charge in [-0.2, -0.15) is 0 Å². The summed E-state index contributed by atoms with van der Waals surface area (Å²) in [4.78, 5) is 28.3. The van der Waals surface area contributed by atoms with Crippen molar-refractivity contribution >= 4 is 23.1 Å². The smallest absolute Gasteiger partial charge is 0.275 e. The molecule has 0 bridgehead atoms. The van der Waals surface area contributed by atoms with Gasteiger partial charge in [0.15, 0.2) is 5.71 Å². The lowest BCUT2D eigenvalue weighted by Crippen LogP contribution is -2.38. The number of nitrogens with one attached hydrogen (secondary N) is 2. The molecule has 5 N–H and O–H groups in total. The zero-order valence-corrected chi connectivity index (χ0v) is 22.2. The number of ether oxygens (including phenoxy) is 1. The third-order valence-electron chi connectivity index (χ3n) is 6.40. The van der Waals surface area contributed by atoms with Gasteiger partial charge in [-0.15, -0.1) is 0 Å². The Balaban J connectivity index is 1.97. The number of nitrogens with zero attached hydrogens (tertiary/aromatic N) is 2. The topological polar surface area (TPSA) is 144 Å². The maximum atomic E-state index is 13.3. The van der Waals surface area contributed by atoms with E-state index in [0.717, 1.165) is 25.2 Å². The van der Waals surface area contributed by atoms with E-state index < -0.39 is 17.5 Å². The number of phenolic OH excluding ortho intramolecular Hbond substituents is 2. The Morgan fingerprint density at radius 1 is 1.08 bits per heavy atom. The van der Waals surface area contributed by atoms with Crippen molar-refractivity contribution in [3.63, 3.8) is 0 Å². The average molecular weight is 525 g/mol. The molecule has 1 aliphatic rings. The minimum atomic E-state index is -0.701. The molecule has 10 heteroatoms. The number of amides is 2. The molecular weight excluding hydrogens is 488 g/mol. The van der Waals surface area contributed by atoms with Crippen molar-refractivity contribution in [2.45, 2.75) is 40.2 Å². The van der Waals surface area contributed by atoms with E-state index in [0.29, 0.717) is 24.3 Å². The largest absolute Gasteiger partial charge is 0.508 e. The molecule has 3 rings (SSSR count). The van der Waals surface area contributed by atoms with Crippen LogP contribution < -0.4 is 10.6 Å². The van der Waals surface area contributed by atoms with E-state index in [9.17, 15) is 25.0 Å². The van der Waals surface area contributed by atoms with E-state index in [1.165, 1.54) is 6.07 Å². The number of carbonyl (C=O) groups excluding carboxylic acids is 2. The summed E-state index contributed by atoms with van der Waals surface area (Å²) < 4.78 is 5.39. The Morgan fingerprint density at radius 3 is 2.32 bits per heavy atom. The quantitative estimate of drug-likeness (QED) is 0.193. The summed E-state index contributed by atoms with van der Waals surface area (Å²) in [6.07, 6.45) is 0. The van der Waals surface area contributed by atoms with Gasteiger partial charge in [-0.25, -0.2) is 0 Å². The lowest BCUT2D eigenvalue weighted by atomic mass is 9.94. The molecule has 1 aliphatic heterocycles. The molecule has 2 aromatic carbocycles. The van der Waals surface area contributed by atoms with Crippen molar-refractivity contribution in [2.75, 3.05) is 32.8 Å². The van der Waals surface area contributed by atoms with E-state index in [-0.39, 0.29) is 40.8 Å². The van der Waals surface area contributed by atoms with Crippen LogP contribution in [-0.2, 0) is 16.1 Å². The van der Waals surface area contributed by atoms with Gasteiger partial charge in [-0.05, 0) is 54.7 Å². The number of hydrogen-bond donors (Lipinski definition) is 5. The molecule has 1 fully saturated rings. The molecule has 0 unspecified atom stereocenters. The summed E-state index contributed by atoms with van der Waals surface area (Å²) >= 11 is 0. The van der Waals surface area contributed by atoms with E-state index in [2.05, 4.69) is 20.7 Å². The first kappa shape index (κ1) is 28.7. The summed E-state index contributed by atoms with van der Waals surface area (Å²) in [6, 6.07) is 9.91. The van der Waals surface area contributed by atoms with Gasteiger partial charge in [0, 0.05) is 43.4 Å². The zero-order valence-electron chi connectivity index (χ0n) is 22.2. The Hall–Kier alpha value is -3.89. The average Bonchev–Trinajstić information content (AvgIpc) is 2.89. The molecule has 0 atom stereocenters. The minimum Gasteiger partial charge on any atom is -0.508 e. The Kier molecular flexibility index (Phi) is 9.86. The van der Waals surface area contributed by atoms with Crippen molar-refractivity contribution < 1.29 is 29.7 Å². The molecule has 0 aliphatic carbocycles. The van der Waals surface area contributed by atoms with Crippen LogP contribution in [0, 0.1) is 0 Å². The molecule has 0 spiro atoms. The number of carbonyl (C=O) groups is 2. The number of aromatic hydroxyl groups is 2. The Morgan fingerprint density at radius 2 is 1.74 bits per heavy atom. The van der Waals surface area contributed by atoms with Gasteiger partial charge in [0.2, 0.25) is 0 Å². The molecular formula is C28H36N4O6. The van der Waals surface area contributed by atoms with E-state index in [1.54, 1.807) is 32.0 Å². The number of hydrogen-bond acceptors (Lipinski definition) is 8. The molecule has 1 saturated heterocycles. The van der Waals surface area contributed by atoms with E-state index >= 15 is 0 Å². The number of oxime groups is 1. The monoisotopic (exact) mass is 524 g/mol. The second-order valence-corrected chi connectivity index (χ2v) is 9.43. The number of rotatable bonds is 9. The predicted molar refractivity (Wildman–Crippen MR) is 144 cm³/mol. The summed E-state index contributed by atoms with van der Waals surface area (Å²) in [5.41, 5.74) is 2.02. The van der Waals surface area contributed by atoms with Crippen molar-refractivity contribution in [3.05, 3.63) is 64.3 Å². The number of phenols is 2. The Labute approximate surface area is 222 Å². The second kappa shape index (κ2) is 13.1. The fourth-order valence-corrected chi connectivity index (χ4v) is 4.24. The van der Waals surface area contributed by atoms with Crippen molar-refractivity contribution in [1.82, 2.24) is 15.5 Å². The maximum absolute atomic E-state index is 13.3. The molecule has 0 aromatic heterocycles. The third kappa shape index (κ3) is 6.90. The molecule has 10 nitrogen and oxygen atoms in total. The number of allylic oxidation sites excluding steroid dienone is 1. The first-order valence-corrected chi connectivity index (χ1v) is 12.6. The highest BCUT2D eigenvalue weighted by atomic mass is 16.5. The van der Waals surface area contributed by atoms with Crippen LogP contribution in [-0.4, -0.2) is 70.7 Å². The lowest BCUT2D eigenvalue weighted by Gasteiger charge is -2.26. The third-order valence-corrected chi connectivity index (χ3v) is 6.40. The van der Waals surface area contributed by atoms with Crippen molar-refractivity contribution in [1.29, 1.82) is 0 Å². The standard InChI is InChI=1S/C28H36N4O6/c1-5-29-28(36)26(31-37)25(18(4)22-14-21(17(2)3)23(33)15-24(22)34)30-27(35)20-8-6-19(7-9-20)16-32-10-12-38-13-11-32/h6-9,14-15,17,33-34,37H,5,10-13,16H2,1-4H3,(H,29,36)(H,30,35)/b25-18-,31-26+. The van der Waals surface area contributed by atoms with E-state index in [1.807, 2.05) is 26.0 Å². The van der Waals surface area contributed by atoms with Crippen LogP contribution >= 0.6 is 0 Å². The van der Waals surface area contributed by atoms with Crippen LogP contribution in [0.15, 0.2) is 47.3 Å². The van der Waals surface area contributed by atoms with Crippen molar-refractivity contribution in [2.24, 2.45) is 5.16 Å². The lowest BCUT2D eigenvalue weighted by molar-refractivity contribution is -0.114. The Bertz CT molecular complexity index is 1210. The van der Waals surface area contributed by atoms with Crippen LogP contribution in [0.2, 0.25) is 0 Å². The van der Waals surface area contributed by atoms with Crippen LogP contribution in [0.25, 0.3) is 5.57 Å². The van der Waals surface area contributed by atoms with Crippen molar-refractivity contribution in [3.8, 4) is 11.5 Å². The normalized spacial score (nSPS) is 15.2. The molecule has 0 radical (unpaired) electrons. The molecule has 1 heterocycles. The van der Waals surface area contributed by atoms with E-state index in [4.69, 9.17) is 4.74 Å². The fourth-order valence-electron chi connectivity index (χ4n) is 4.24.